The second kappa shape index (κ2) is 31.8. The second-order valence-corrected chi connectivity index (χ2v) is 19.5. The molecule has 23 nitrogen and oxygen atoms in total. The number of ether oxygens (including phenoxy) is 4. The Labute approximate surface area is 452 Å². The normalized spacial score (nSPS) is 14.4. The van der Waals surface area contributed by atoms with Crippen LogP contribution < -0.4 is 42.8 Å². The van der Waals surface area contributed by atoms with E-state index in [-0.39, 0.29) is 77.7 Å². The van der Waals surface area contributed by atoms with E-state index in [0.29, 0.717) is 25.4 Å². The van der Waals surface area contributed by atoms with Crippen LogP contribution in [0.25, 0.3) is 10.9 Å². The van der Waals surface area contributed by atoms with Gasteiger partial charge in [0.05, 0.1) is 30.5 Å². The Bertz CT molecular complexity index is 2450. The third kappa shape index (κ3) is 20.1. The zero-order chi connectivity index (χ0) is 56.6. The summed E-state index contributed by atoms with van der Waals surface area (Å²) in [5.41, 5.74) is 16.4. The third-order valence-electron chi connectivity index (χ3n) is 12.9. The highest BCUT2D eigenvalue weighted by atomic mass is 16.6. The first-order valence-corrected chi connectivity index (χ1v) is 26.3. The van der Waals surface area contributed by atoms with Gasteiger partial charge in [0, 0.05) is 77.8 Å². The summed E-state index contributed by atoms with van der Waals surface area (Å²) >= 11 is 0. The standard InChI is InChI=1S/C54H82N12O11/c1-10-17-45(61-49(68)44(20-16-23-57-51(56)70)60-50(69)46(35(4)5)62-48(67)41(55)32-36-18-14-13-15-19-36)77-53(72)65(9)26-27-66(28-29-74-30-31-75-52(71)64(8)25-24-63(6)7)54(73)76-37-21-22-43-39(33-37)38(11-2)40-34-58-42(12-3)47(40)59-43/h10,13-15,18-19,21-22,33,35,41-42,44-46,58H,1,11-12,16-17,20,23-32,34,55H2,2-9H3,(H,60,69)(H,61,68)(H,62,67)(H3,56,57,70)/t41-,42?,44-,45?,46+/m0/s1. The minimum absolute atomic E-state index is 0.0165. The number of amides is 8. The first-order valence-electron chi connectivity index (χ1n) is 26.3. The van der Waals surface area contributed by atoms with Crippen LogP contribution in [0.4, 0.5) is 19.2 Å². The number of primary amides is 1. The van der Waals surface area contributed by atoms with Gasteiger partial charge < -0.3 is 76.6 Å². The lowest BCUT2D eigenvalue weighted by molar-refractivity contribution is -0.134. The van der Waals surface area contributed by atoms with Crippen molar-refractivity contribution in [2.24, 2.45) is 17.4 Å². The fourth-order valence-corrected chi connectivity index (χ4v) is 8.38. The Hall–Kier alpha value is -7.08. The van der Waals surface area contributed by atoms with Crippen molar-refractivity contribution in [2.75, 3.05) is 87.3 Å². The number of benzene rings is 2. The summed E-state index contributed by atoms with van der Waals surface area (Å²) in [5, 5.41) is 15.0. The van der Waals surface area contributed by atoms with Crippen LogP contribution in [0.5, 0.6) is 5.75 Å². The van der Waals surface area contributed by atoms with Crippen molar-refractivity contribution in [3.8, 4) is 5.75 Å². The molecule has 2 heterocycles. The van der Waals surface area contributed by atoms with Gasteiger partial charge in [-0.15, -0.1) is 6.58 Å². The number of rotatable bonds is 31. The predicted molar refractivity (Wildman–Crippen MR) is 291 cm³/mol. The number of carbonyl (C=O) groups excluding carboxylic acids is 7. The number of pyridine rings is 1. The van der Waals surface area contributed by atoms with Crippen molar-refractivity contribution >= 4 is 52.9 Å². The predicted octanol–water partition coefficient (Wildman–Crippen LogP) is 3.53. The number of aromatic nitrogens is 1. The lowest BCUT2D eigenvalue weighted by atomic mass is 9.97. The SMILES string of the molecule is C=CCC(NC(=O)[C@H](CCCNC(N)=O)NC(=O)[C@H](NC(=O)[C@@H](N)Cc1ccccc1)C(C)C)OC(=O)N(C)CCN(CCOCCOC(=O)N(C)CCN(C)C)C(=O)Oc1ccc2nc3c(c(CC)c2c1)CNC3CC. The van der Waals surface area contributed by atoms with Crippen molar-refractivity contribution in [1.82, 2.24) is 51.2 Å². The van der Waals surface area contributed by atoms with E-state index >= 15 is 0 Å². The average Bonchev–Trinajstić information content (AvgIpc) is 3.81. The molecule has 0 aliphatic carbocycles. The molecule has 1 aliphatic rings. The molecule has 0 spiro atoms. The topological polar surface area (TPSA) is 294 Å². The van der Waals surface area contributed by atoms with Crippen molar-refractivity contribution in [1.29, 1.82) is 0 Å². The largest absolute Gasteiger partial charge is 0.447 e. The average molecular weight is 1080 g/mol. The molecule has 8 amide bonds. The smallest absolute Gasteiger partial charge is 0.415 e. The van der Waals surface area contributed by atoms with Crippen molar-refractivity contribution in [2.45, 2.75) is 103 Å². The van der Waals surface area contributed by atoms with Gasteiger partial charge in [-0.05, 0) is 87.0 Å². The highest BCUT2D eigenvalue weighted by Crippen LogP contribution is 2.35. The minimum atomic E-state index is -1.26. The Morgan fingerprint density at radius 3 is 2.22 bits per heavy atom. The molecule has 9 N–H and O–H groups in total. The maximum atomic E-state index is 14.0. The summed E-state index contributed by atoms with van der Waals surface area (Å²) in [7, 11) is 6.92. The minimum Gasteiger partial charge on any atom is -0.447 e. The number of urea groups is 1. The number of aryl methyl sites for hydroxylation is 1. The van der Waals surface area contributed by atoms with Gasteiger partial charge in [0.1, 0.15) is 24.4 Å². The van der Waals surface area contributed by atoms with Crippen LogP contribution in [-0.2, 0) is 48.0 Å². The summed E-state index contributed by atoms with van der Waals surface area (Å²) < 4.78 is 22.8. The molecule has 2 unspecified atom stereocenters. The van der Waals surface area contributed by atoms with E-state index in [1.54, 1.807) is 27.0 Å². The van der Waals surface area contributed by atoms with E-state index in [1.165, 1.54) is 27.8 Å². The molecule has 0 fully saturated rings. The Morgan fingerprint density at radius 1 is 0.844 bits per heavy atom. The van der Waals surface area contributed by atoms with Gasteiger partial charge in [-0.3, -0.25) is 19.4 Å². The summed E-state index contributed by atoms with van der Waals surface area (Å²) in [6.07, 6.45) is 0.191. The third-order valence-corrected chi connectivity index (χ3v) is 12.9. The van der Waals surface area contributed by atoms with Crippen molar-refractivity contribution in [3.05, 3.63) is 83.6 Å². The van der Waals surface area contributed by atoms with E-state index < -0.39 is 72.3 Å². The molecule has 0 saturated carbocycles. The summed E-state index contributed by atoms with van der Waals surface area (Å²) in [5.74, 6) is -2.06. The van der Waals surface area contributed by atoms with Gasteiger partial charge in [0.25, 0.3) is 0 Å². The van der Waals surface area contributed by atoms with Gasteiger partial charge in [0.15, 0.2) is 6.23 Å². The van der Waals surface area contributed by atoms with Gasteiger partial charge in [-0.25, -0.2) is 19.2 Å². The fourth-order valence-electron chi connectivity index (χ4n) is 8.38. The summed E-state index contributed by atoms with van der Waals surface area (Å²) in [4.78, 5) is 104. The molecule has 2 aromatic carbocycles. The summed E-state index contributed by atoms with van der Waals surface area (Å²) in [6.45, 7) is 13.4. The highest BCUT2D eigenvalue weighted by Gasteiger charge is 2.32. The zero-order valence-corrected chi connectivity index (χ0v) is 46.1. The number of hydrogen-bond donors (Lipinski definition) is 7. The lowest BCUT2D eigenvalue weighted by Crippen LogP contribution is -2.58. The molecule has 0 bridgehead atoms. The Morgan fingerprint density at radius 2 is 1.56 bits per heavy atom. The number of hydrogen-bond acceptors (Lipinski definition) is 15. The first kappa shape index (κ1) is 62.5. The molecule has 77 heavy (non-hydrogen) atoms. The van der Waals surface area contributed by atoms with E-state index in [4.69, 9.17) is 35.4 Å². The van der Waals surface area contributed by atoms with Crippen LogP contribution in [0.15, 0.2) is 61.2 Å². The fraction of sp³-hybridized carbons (Fsp3) is 0.556. The van der Waals surface area contributed by atoms with Gasteiger partial charge in [-0.2, -0.15) is 0 Å². The molecule has 3 aromatic rings. The van der Waals surface area contributed by atoms with Gasteiger partial charge in [-0.1, -0.05) is 64.1 Å². The Kier molecular flexibility index (Phi) is 25.8. The van der Waals surface area contributed by atoms with Crippen LogP contribution in [0.3, 0.4) is 0 Å². The molecule has 23 heteroatoms. The molecular formula is C54H82N12O11. The van der Waals surface area contributed by atoms with Crippen LogP contribution in [0.1, 0.15) is 81.8 Å². The number of fused-ring (bicyclic) bond motifs is 2. The number of nitrogens with two attached hydrogens (primary N) is 2. The second-order valence-electron chi connectivity index (χ2n) is 19.5. The molecule has 1 aliphatic heterocycles. The molecule has 424 valence electrons. The molecule has 1 aromatic heterocycles. The first-order chi connectivity index (χ1) is 36.8. The molecule has 4 rings (SSSR count). The van der Waals surface area contributed by atoms with Crippen molar-refractivity contribution in [3.63, 3.8) is 0 Å². The van der Waals surface area contributed by atoms with E-state index in [0.717, 1.165) is 46.1 Å². The highest BCUT2D eigenvalue weighted by molar-refractivity contribution is 5.93. The van der Waals surface area contributed by atoms with Crippen LogP contribution in [0, 0.1) is 5.92 Å². The van der Waals surface area contributed by atoms with Crippen LogP contribution in [-0.4, -0.2) is 178 Å². The number of nitrogens with zero attached hydrogens (tertiary/aromatic N) is 5. The van der Waals surface area contributed by atoms with E-state index in [2.05, 4.69) is 47.0 Å². The quantitative estimate of drug-likeness (QED) is 0.0276. The molecule has 0 radical (unpaired) electrons. The van der Waals surface area contributed by atoms with Gasteiger partial charge in [0.2, 0.25) is 17.7 Å². The number of carbonyl (C=O) groups is 7. The van der Waals surface area contributed by atoms with Crippen molar-refractivity contribution < 1.29 is 52.5 Å². The Balaban J connectivity index is 1.44. The van der Waals surface area contributed by atoms with Crippen LogP contribution in [0.2, 0.25) is 0 Å². The number of likely N-dealkylation sites (N-methyl/N-ethyl adjacent to an activating group) is 3. The number of nitrogens with one attached hydrogen (secondary N) is 5. The van der Waals surface area contributed by atoms with E-state index in [9.17, 15) is 33.6 Å². The molecule has 5 atom stereocenters. The van der Waals surface area contributed by atoms with E-state index in [1.807, 2.05) is 61.5 Å². The maximum absolute atomic E-state index is 14.0. The monoisotopic (exact) mass is 1070 g/mol. The summed E-state index contributed by atoms with van der Waals surface area (Å²) in [6, 6.07) is 10.7. The maximum Gasteiger partial charge on any atom is 0.415 e. The van der Waals surface area contributed by atoms with Crippen LogP contribution >= 0.6 is 0 Å². The van der Waals surface area contributed by atoms with Gasteiger partial charge >= 0.3 is 24.3 Å². The molecule has 0 saturated heterocycles. The zero-order valence-electron chi connectivity index (χ0n) is 46.1. The lowest BCUT2D eigenvalue weighted by Gasteiger charge is -2.28. The molecular weight excluding hydrogens is 993 g/mol.